The fourth-order valence-electron chi connectivity index (χ4n) is 8.05. The molecule has 0 N–H and O–H groups in total. The lowest BCUT2D eigenvalue weighted by molar-refractivity contribution is 0.634. The van der Waals surface area contributed by atoms with E-state index < -0.39 is 0 Å². The molecule has 0 fully saturated rings. The summed E-state index contributed by atoms with van der Waals surface area (Å²) in [5.41, 5.74) is 15.0. The molecule has 0 spiro atoms. The van der Waals surface area contributed by atoms with E-state index in [1.807, 2.05) is 24.3 Å². The van der Waals surface area contributed by atoms with Crippen molar-refractivity contribution in [1.29, 1.82) is 5.26 Å². The van der Waals surface area contributed by atoms with Crippen LogP contribution in [-0.4, -0.2) is 31.2 Å². The fourth-order valence-corrected chi connectivity index (χ4v) is 8.05. The normalized spacial score (nSPS) is 17.4. The van der Waals surface area contributed by atoms with Crippen LogP contribution in [0.15, 0.2) is 72.8 Å². The summed E-state index contributed by atoms with van der Waals surface area (Å²) in [6.07, 6.45) is 26.6. The van der Waals surface area contributed by atoms with E-state index >= 15 is 0 Å². The molecular weight excluding hydrogens is 560 g/mol. The van der Waals surface area contributed by atoms with E-state index in [4.69, 9.17) is 4.98 Å². The molecule has 4 aromatic rings. The smallest absolute Gasteiger partial charge is 0.0999 e. The summed E-state index contributed by atoms with van der Waals surface area (Å²) in [6, 6.07) is 19.9. The fraction of sp³-hybridized carbons (Fsp3) is 0.286. The second kappa shape index (κ2) is 12.5. The average molecular weight is 601 g/mol. The molecule has 0 unspecified atom stereocenters. The number of fused-ring (bicyclic) bond motifs is 1. The molecule has 8 rings (SSSR count). The van der Waals surface area contributed by atoms with E-state index in [-0.39, 0.29) is 0 Å². The molecule has 228 valence electrons. The quantitative estimate of drug-likeness (QED) is 0.207. The van der Waals surface area contributed by atoms with Crippen LogP contribution in [0.5, 0.6) is 0 Å². The summed E-state index contributed by atoms with van der Waals surface area (Å²) in [5, 5.41) is 10.9. The van der Waals surface area contributed by atoms with Gasteiger partial charge in [-0.3, -0.25) is 0 Å². The van der Waals surface area contributed by atoms with E-state index in [9.17, 15) is 5.26 Å². The Balaban J connectivity index is 0.966. The minimum absolute atomic E-state index is 0.648. The number of aromatic nitrogens is 1. The van der Waals surface area contributed by atoms with Gasteiger partial charge in [0.15, 0.2) is 0 Å². The maximum absolute atomic E-state index is 9.98. The predicted octanol–water partition coefficient (Wildman–Crippen LogP) is 8.96. The number of aryl methyl sites for hydroxylation is 4. The highest BCUT2D eigenvalue weighted by atomic mass is 15.1. The zero-order chi connectivity index (χ0) is 30.9. The number of pyridine rings is 1. The van der Waals surface area contributed by atoms with Crippen LogP contribution in [0.2, 0.25) is 0 Å². The van der Waals surface area contributed by atoms with Crippen LogP contribution in [0.3, 0.4) is 0 Å². The van der Waals surface area contributed by atoms with Gasteiger partial charge in [-0.2, -0.15) is 5.26 Å². The molecule has 0 bridgehead atoms. The van der Waals surface area contributed by atoms with E-state index in [1.165, 1.54) is 122 Å². The minimum atomic E-state index is 0.648. The first-order valence-electron chi connectivity index (χ1n) is 17.1. The number of benzene rings is 3. The van der Waals surface area contributed by atoms with Crippen molar-refractivity contribution in [2.45, 2.75) is 51.4 Å². The van der Waals surface area contributed by atoms with Gasteiger partial charge in [0.1, 0.15) is 0 Å². The first-order chi connectivity index (χ1) is 22.7. The summed E-state index contributed by atoms with van der Waals surface area (Å²) in [5.74, 6) is 0. The van der Waals surface area contributed by atoms with Crippen LogP contribution in [0, 0.1) is 11.3 Å². The number of nitrogens with zero attached hydrogens (tertiary/aromatic N) is 4. The number of hydrogen-bond donors (Lipinski definition) is 0. The van der Waals surface area contributed by atoms with E-state index in [0.717, 1.165) is 22.2 Å². The Morgan fingerprint density at radius 2 is 1.04 bits per heavy atom. The van der Waals surface area contributed by atoms with Gasteiger partial charge in [0.2, 0.25) is 0 Å². The van der Waals surface area contributed by atoms with Crippen molar-refractivity contribution < 1.29 is 0 Å². The Morgan fingerprint density at radius 1 is 0.565 bits per heavy atom. The van der Waals surface area contributed by atoms with Gasteiger partial charge < -0.3 is 9.80 Å². The van der Waals surface area contributed by atoms with Gasteiger partial charge in [-0.1, -0.05) is 48.6 Å². The van der Waals surface area contributed by atoms with Crippen molar-refractivity contribution in [2.75, 3.05) is 36.0 Å². The predicted molar refractivity (Wildman–Crippen MR) is 193 cm³/mol. The van der Waals surface area contributed by atoms with Gasteiger partial charge in [0.05, 0.1) is 22.8 Å². The van der Waals surface area contributed by atoms with E-state index in [0.29, 0.717) is 5.56 Å². The standard InChI is InChI=1S/C42H40N4/c43-29-37-28-38(16-4-3-11-32-25-35-14-7-21-46-22-8-15-36(26-32)42(35)46)44-40-18-17-30(27-39(37)40)9-1-2-10-31-23-33-12-5-19-45-20-6-13-34(24-31)41(33)45/h1-4,9-11,16-18,23-28H,5-8,12-15,19-22H2. The third-order valence-electron chi connectivity index (χ3n) is 10.0. The van der Waals surface area contributed by atoms with Gasteiger partial charge in [0, 0.05) is 42.9 Å². The Kier molecular flexibility index (Phi) is 7.76. The lowest BCUT2D eigenvalue weighted by Gasteiger charge is -2.37. The van der Waals surface area contributed by atoms with Gasteiger partial charge in [-0.05, 0) is 139 Å². The molecule has 4 aliphatic heterocycles. The van der Waals surface area contributed by atoms with E-state index in [2.05, 4.69) is 88.7 Å². The summed E-state index contributed by atoms with van der Waals surface area (Å²) in [7, 11) is 0. The van der Waals surface area contributed by atoms with Crippen molar-refractivity contribution in [3.63, 3.8) is 0 Å². The van der Waals surface area contributed by atoms with Crippen LogP contribution >= 0.6 is 0 Å². The lowest BCUT2D eigenvalue weighted by Crippen LogP contribution is -2.34. The molecular formula is C42H40N4. The van der Waals surface area contributed by atoms with Crippen molar-refractivity contribution >= 4 is 46.6 Å². The number of nitriles is 1. The number of hydrogen-bond acceptors (Lipinski definition) is 4. The molecule has 0 radical (unpaired) electrons. The molecule has 4 nitrogen and oxygen atoms in total. The molecule has 4 heteroatoms. The number of anilines is 2. The maximum Gasteiger partial charge on any atom is 0.0999 e. The summed E-state index contributed by atoms with van der Waals surface area (Å²) in [4.78, 5) is 10.0. The van der Waals surface area contributed by atoms with Gasteiger partial charge in [-0.25, -0.2) is 4.98 Å². The molecule has 0 saturated carbocycles. The van der Waals surface area contributed by atoms with Crippen LogP contribution in [0.25, 0.3) is 35.2 Å². The van der Waals surface area contributed by atoms with Crippen molar-refractivity contribution in [1.82, 2.24) is 4.98 Å². The monoisotopic (exact) mass is 600 g/mol. The summed E-state index contributed by atoms with van der Waals surface area (Å²) in [6.45, 7) is 4.81. The third kappa shape index (κ3) is 5.67. The number of allylic oxidation sites excluding steroid dienone is 4. The zero-order valence-electron chi connectivity index (χ0n) is 26.5. The topological polar surface area (TPSA) is 43.2 Å². The molecule has 0 saturated heterocycles. The highest BCUT2D eigenvalue weighted by Crippen LogP contribution is 2.37. The van der Waals surface area contributed by atoms with Crippen molar-refractivity contribution in [3.8, 4) is 6.07 Å². The molecule has 4 aliphatic rings. The molecule has 46 heavy (non-hydrogen) atoms. The van der Waals surface area contributed by atoms with Crippen LogP contribution in [0.4, 0.5) is 11.4 Å². The van der Waals surface area contributed by atoms with Gasteiger partial charge >= 0.3 is 0 Å². The molecule has 3 aromatic carbocycles. The Hall–Kier alpha value is -4.88. The largest absolute Gasteiger partial charge is 0.371 e. The third-order valence-corrected chi connectivity index (χ3v) is 10.0. The maximum atomic E-state index is 9.98. The lowest BCUT2D eigenvalue weighted by atomic mass is 9.90. The highest BCUT2D eigenvalue weighted by molar-refractivity contribution is 5.88. The van der Waals surface area contributed by atoms with Crippen LogP contribution in [-0.2, 0) is 25.7 Å². The number of rotatable bonds is 6. The Bertz CT molecular complexity index is 1920. The molecule has 0 atom stereocenters. The van der Waals surface area contributed by atoms with Gasteiger partial charge in [0.25, 0.3) is 0 Å². The van der Waals surface area contributed by atoms with Crippen LogP contribution in [0.1, 0.15) is 75.9 Å². The van der Waals surface area contributed by atoms with Gasteiger partial charge in [-0.15, -0.1) is 0 Å². The molecule has 0 amide bonds. The van der Waals surface area contributed by atoms with Crippen molar-refractivity contribution in [3.05, 3.63) is 123 Å². The SMILES string of the molecule is N#Cc1cc(C=CC=Cc2cc3c4c(c2)CCCN4CCC3)nc2ccc(C=CC=Cc3cc4c5c(c3)CCCN5CCC4)cc12. The second-order valence-electron chi connectivity index (χ2n) is 13.2. The highest BCUT2D eigenvalue weighted by Gasteiger charge is 2.25. The van der Waals surface area contributed by atoms with Crippen LogP contribution < -0.4 is 9.80 Å². The molecule has 5 heterocycles. The first kappa shape index (κ1) is 28.6. The minimum Gasteiger partial charge on any atom is -0.371 e. The zero-order valence-corrected chi connectivity index (χ0v) is 26.5. The first-order valence-corrected chi connectivity index (χ1v) is 17.1. The Labute approximate surface area is 272 Å². The Morgan fingerprint density at radius 3 is 1.54 bits per heavy atom. The average Bonchev–Trinajstić information content (AvgIpc) is 3.09. The molecule has 1 aromatic heterocycles. The summed E-state index contributed by atoms with van der Waals surface area (Å²) < 4.78 is 0. The van der Waals surface area contributed by atoms with E-state index in [1.54, 1.807) is 0 Å². The summed E-state index contributed by atoms with van der Waals surface area (Å²) >= 11 is 0. The second-order valence-corrected chi connectivity index (χ2v) is 13.2. The molecule has 0 aliphatic carbocycles. The van der Waals surface area contributed by atoms with Crippen molar-refractivity contribution in [2.24, 2.45) is 0 Å².